The second-order valence-corrected chi connectivity index (χ2v) is 29.9. The summed E-state index contributed by atoms with van der Waals surface area (Å²) < 4.78 is 35.4. The van der Waals surface area contributed by atoms with Gasteiger partial charge in [0.05, 0.1) is 70.2 Å². The third-order valence-electron chi connectivity index (χ3n) is 19.0. The van der Waals surface area contributed by atoms with Crippen LogP contribution in [0.1, 0.15) is 85.2 Å². The molecule has 0 spiro atoms. The molecular weight excluding hydrogens is 1630 g/mol. The van der Waals surface area contributed by atoms with E-state index >= 15 is 0 Å². The highest BCUT2D eigenvalue weighted by atomic mass is 79.9. The van der Waals surface area contributed by atoms with Gasteiger partial charge in [0.25, 0.3) is 22.6 Å². The number of nitrogens with two attached hydrogens (primary N) is 1. The maximum Gasteiger partial charge on any atom is 0.363 e. The van der Waals surface area contributed by atoms with E-state index in [4.69, 9.17) is 29.4 Å². The Morgan fingerprint density at radius 1 is 0.580 bits per heavy atom. The smallest absolute Gasteiger partial charge is 0.363 e. The molecule has 9 aromatic heterocycles. The zero-order valence-electron chi connectivity index (χ0n) is 60.9. The van der Waals surface area contributed by atoms with Crippen molar-refractivity contribution in [2.24, 2.45) is 26.6 Å². The van der Waals surface area contributed by atoms with Gasteiger partial charge in [0.1, 0.15) is 46.9 Å². The monoisotopic (exact) mass is 1730 g/mol. The van der Waals surface area contributed by atoms with Gasteiger partial charge in [-0.15, -0.1) is 0 Å². The molecule has 0 radical (unpaired) electrons. The highest BCUT2D eigenvalue weighted by molar-refractivity contribution is 9.11. The Balaban J connectivity index is 0.000000248. The number of carbonyl (C=O) groups excluding carboxylic acids is 2. The number of fused-ring (bicyclic) bond motifs is 3. The van der Waals surface area contributed by atoms with Gasteiger partial charge in [-0.3, -0.25) is 28.9 Å². The molecule has 1 aliphatic carbocycles. The van der Waals surface area contributed by atoms with E-state index in [0.717, 1.165) is 96.9 Å². The molecule has 4 fully saturated rings. The van der Waals surface area contributed by atoms with Crippen molar-refractivity contribution in [2.45, 2.75) is 108 Å². The fraction of sp³-hybridized carbons (Fsp3) is 0.418. The van der Waals surface area contributed by atoms with Crippen LogP contribution in [0.3, 0.4) is 0 Å². The molecule has 14 heterocycles. The molecule has 6 aliphatic rings. The normalized spacial score (nSPS) is 15.0. The molecular formula is C79H105Br3N18O12. The predicted octanol–water partition coefficient (Wildman–Crippen LogP) is 12.6. The van der Waals surface area contributed by atoms with Crippen molar-refractivity contribution in [1.82, 2.24) is 43.2 Å². The van der Waals surface area contributed by atoms with Gasteiger partial charge in [-0.05, 0) is 160 Å². The zero-order valence-corrected chi connectivity index (χ0v) is 65.7. The van der Waals surface area contributed by atoms with E-state index in [1.165, 1.54) is 44.1 Å². The number of nitrogens with one attached hydrogen (secondary N) is 2. The van der Waals surface area contributed by atoms with Gasteiger partial charge in [-0.1, -0.05) is 51.0 Å². The van der Waals surface area contributed by atoms with Gasteiger partial charge in [0.15, 0.2) is 6.20 Å². The van der Waals surface area contributed by atoms with E-state index in [2.05, 4.69) is 121 Å². The fourth-order valence-corrected chi connectivity index (χ4v) is 14.7. The van der Waals surface area contributed by atoms with Crippen molar-refractivity contribution < 1.29 is 38.2 Å². The minimum absolute atomic E-state index is 0. The highest BCUT2D eigenvalue weighted by Gasteiger charge is 2.38. The second-order valence-electron chi connectivity index (χ2n) is 27.2. The van der Waals surface area contributed by atoms with E-state index in [-0.39, 0.29) is 89.8 Å². The SMILES string of the molecule is C.C.C.C.C.COC1CN(c2ccc(N)nc2)C1.COC1CN(c2ccc(Nc3cc(-c4ccnc(N5CCn6c(cc7c6CC(C)(C)C7)C5=O)c4COC(C)=O)cn(C)c3=O)nc2)C1.COC1CN(c2ccc(Nc3cc(Br)cn(C)c3=O)nc2)C1.COC1CN(c2ccc([N+](=O)[O-])nc2)C1.Cn1cc(Br)cc(Br)c1=O. The molecule has 0 bridgehead atoms. The summed E-state index contributed by atoms with van der Waals surface area (Å²) in [4.78, 5) is 104. The first-order chi connectivity index (χ1) is 51.2. The number of aryl methyl sites for hydroxylation is 3. The topological polar surface area (TPSA) is 325 Å². The van der Waals surface area contributed by atoms with Crippen molar-refractivity contribution in [2.75, 3.05) is 128 Å². The minimum atomic E-state index is -0.502. The Kier molecular flexibility index (Phi) is 32.5. The average Bonchev–Trinajstić information content (AvgIpc) is 1.56. The number of esters is 1. The maximum atomic E-state index is 14.0. The summed E-state index contributed by atoms with van der Waals surface area (Å²) in [6.07, 6.45) is 16.8. The average molecular weight is 1740 g/mol. The van der Waals surface area contributed by atoms with Crippen LogP contribution >= 0.6 is 47.8 Å². The number of nitrogen functional groups attached to an aromatic ring is 1. The van der Waals surface area contributed by atoms with Crippen molar-refractivity contribution in [3.8, 4) is 11.1 Å². The number of carbonyl (C=O) groups is 2. The lowest BCUT2D eigenvalue weighted by molar-refractivity contribution is -0.389. The third kappa shape index (κ3) is 21.9. The first-order valence-electron chi connectivity index (χ1n) is 34.3. The standard InChI is InChI=1S/C35H39N7O5.C15H17BrN4O2.C9H11N3O3.C9H13N3O.C6H5Br2NO.5CH4/c1-21(43)47-20-27-26(8-9-36-32(27)42-11-10-41-29(34(42)45)13-22-14-35(2,3)15-30(22)41)23-12-28(33(44)39(4)17-23)38-31-7-6-24(16-37-31)40-18-25(19-40)46-5;1-19-7-10(16)5-13(15(19)21)18-14-4-3-11(6-17-14)20-8-12(9-20)22-2;1-15-8-5-11(6-8)7-2-3-9(10-4-7)12(13)14;1-13-8-5-12(6-8)7-2-3-9(10)11-4-7;1-9-3-4(7)2-5(8)6(9)10;;;;;/h6-9,12-13,16-17,25H,10-11,14-15,18-20H2,1-5H3,(H,37,38);3-7,12H,8-9H2,1-2H3,(H,17,18);2-4,8H,5-6H2,1H3;2-4,8H,5-6H2,1H3,(H2,10,11);2-3H,1H3;5*1H4. The summed E-state index contributed by atoms with van der Waals surface area (Å²) in [5.74, 6) is 1.46. The van der Waals surface area contributed by atoms with Crippen LogP contribution in [-0.2, 0) is 75.6 Å². The predicted molar refractivity (Wildman–Crippen MR) is 454 cm³/mol. The Hall–Kier alpha value is -9.90. The van der Waals surface area contributed by atoms with Crippen molar-refractivity contribution in [1.29, 1.82) is 0 Å². The molecule has 33 heteroatoms. The van der Waals surface area contributed by atoms with Crippen LogP contribution in [0, 0.1) is 15.5 Å². The molecule has 15 rings (SSSR count). The van der Waals surface area contributed by atoms with E-state index in [1.807, 2.05) is 48.5 Å². The van der Waals surface area contributed by atoms with Gasteiger partial charge >= 0.3 is 11.8 Å². The number of hydrogen-bond acceptors (Lipinski definition) is 24. The lowest BCUT2D eigenvalue weighted by Gasteiger charge is -2.39. The van der Waals surface area contributed by atoms with Crippen molar-refractivity contribution in [3.63, 3.8) is 0 Å². The fourth-order valence-electron chi connectivity index (χ4n) is 12.8. The second kappa shape index (κ2) is 40.0. The molecule has 9 aromatic rings. The van der Waals surface area contributed by atoms with Crippen molar-refractivity contribution in [3.05, 3.63) is 206 Å². The summed E-state index contributed by atoms with van der Waals surface area (Å²) in [5, 5.41) is 16.6. The molecule has 4 N–H and O–H groups in total. The number of pyridine rings is 8. The van der Waals surface area contributed by atoms with Crippen LogP contribution in [0.4, 0.5) is 63.2 Å². The number of halogens is 3. The number of amides is 1. The Morgan fingerprint density at radius 2 is 1.04 bits per heavy atom. The Morgan fingerprint density at radius 3 is 1.47 bits per heavy atom. The lowest BCUT2D eigenvalue weighted by atomic mass is 9.90. The van der Waals surface area contributed by atoms with Gasteiger partial charge in [-0.2, -0.15) is 0 Å². The van der Waals surface area contributed by atoms with Crippen LogP contribution in [0.25, 0.3) is 11.1 Å². The maximum absolute atomic E-state index is 14.0. The first kappa shape index (κ1) is 91.0. The Bertz CT molecular complexity index is 4820. The Labute approximate surface area is 679 Å². The van der Waals surface area contributed by atoms with Gasteiger partial charge < -0.3 is 88.0 Å². The number of nitrogens with zero attached hydrogens (tertiary/aromatic N) is 15. The largest absolute Gasteiger partial charge is 0.461 e. The summed E-state index contributed by atoms with van der Waals surface area (Å²) in [5.41, 5.74) is 15.3. The van der Waals surface area contributed by atoms with E-state index < -0.39 is 10.9 Å². The van der Waals surface area contributed by atoms with Crippen LogP contribution in [0.5, 0.6) is 0 Å². The number of anilines is 10. The molecule has 0 atom stereocenters. The van der Waals surface area contributed by atoms with Crippen LogP contribution in [0.15, 0.2) is 156 Å². The summed E-state index contributed by atoms with van der Waals surface area (Å²) >= 11 is 9.77. The zero-order chi connectivity index (χ0) is 76.5. The lowest BCUT2D eigenvalue weighted by Crippen LogP contribution is -2.51. The number of rotatable bonds is 17. The van der Waals surface area contributed by atoms with Crippen LogP contribution < -0.4 is 57.5 Å². The molecule has 604 valence electrons. The number of aromatic nitrogens is 9. The summed E-state index contributed by atoms with van der Waals surface area (Å²) in [7, 11) is 12.0. The molecule has 112 heavy (non-hydrogen) atoms. The van der Waals surface area contributed by atoms with E-state index in [0.29, 0.717) is 86.8 Å². The molecule has 30 nitrogen and oxygen atoms in total. The molecule has 1 amide bonds. The van der Waals surface area contributed by atoms with Gasteiger partial charge in [-0.25, -0.2) is 19.9 Å². The molecule has 5 aliphatic heterocycles. The number of hydrogen-bond donors (Lipinski definition) is 3. The number of nitro groups is 1. The van der Waals surface area contributed by atoms with Crippen LogP contribution in [0.2, 0.25) is 0 Å². The van der Waals surface area contributed by atoms with Gasteiger partial charge in [0.2, 0.25) is 0 Å². The molecule has 0 aromatic carbocycles. The summed E-state index contributed by atoms with van der Waals surface area (Å²) in [6, 6.07) is 23.6. The number of methoxy groups -OCH3 is 4. The van der Waals surface area contributed by atoms with E-state index in [9.17, 15) is 34.1 Å². The van der Waals surface area contributed by atoms with Crippen molar-refractivity contribution >= 4 is 123 Å². The number of ether oxygens (including phenoxy) is 5. The van der Waals surface area contributed by atoms with Crippen LogP contribution in [-0.4, -0.2) is 172 Å². The molecule has 0 saturated carbocycles. The highest BCUT2D eigenvalue weighted by Crippen LogP contribution is 2.41. The minimum Gasteiger partial charge on any atom is -0.461 e. The van der Waals surface area contributed by atoms with Gasteiger partial charge in [0, 0.05) is 179 Å². The van der Waals surface area contributed by atoms with E-state index in [1.54, 1.807) is 122 Å². The molecule has 4 saturated heterocycles. The molecule has 0 unspecified atom stereocenters. The quantitative estimate of drug-likeness (QED) is 0.0433. The summed E-state index contributed by atoms with van der Waals surface area (Å²) in [6.45, 7) is 13.8. The third-order valence-corrected chi connectivity index (χ3v) is 20.4. The first-order valence-corrected chi connectivity index (χ1v) is 36.7.